The van der Waals surface area contributed by atoms with E-state index >= 15 is 0 Å². The number of halogens is 1. The summed E-state index contributed by atoms with van der Waals surface area (Å²) in [4.78, 5) is 32.5. The van der Waals surface area contributed by atoms with Crippen LogP contribution in [-0.2, 0) is 4.79 Å². The molecule has 3 aliphatic rings. The highest BCUT2D eigenvalue weighted by atomic mass is 35.5. The fraction of sp³-hybridized carbons (Fsp3) is 0.321. The molecular weight excluding hydrogens is 508 g/mol. The van der Waals surface area contributed by atoms with Crippen LogP contribution in [0, 0.1) is 0 Å². The monoisotopic (exact) mass is 536 g/mol. The predicted octanol–water partition coefficient (Wildman–Crippen LogP) is 5.38. The van der Waals surface area contributed by atoms with Gasteiger partial charge in [-0.15, -0.1) is 0 Å². The summed E-state index contributed by atoms with van der Waals surface area (Å²) in [7, 11) is 1.66. The highest BCUT2D eigenvalue weighted by Gasteiger charge is 2.26. The molecule has 0 radical (unpaired) electrons. The number of aromatic nitrogens is 1. The van der Waals surface area contributed by atoms with Crippen LogP contribution in [0.4, 0.5) is 4.79 Å². The van der Waals surface area contributed by atoms with Gasteiger partial charge in [-0.25, -0.2) is 4.79 Å². The molecule has 2 aromatic rings. The quantitative estimate of drug-likeness (QED) is 0.464. The van der Waals surface area contributed by atoms with E-state index in [0.717, 1.165) is 56.9 Å². The van der Waals surface area contributed by atoms with Crippen LogP contribution in [0.25, 0.3) is 16.5 Å². The SMILES string of the molecule is C=CC(=O)N1CC=C(c2cc3c(SC4=CCC(NC(=O)NC5CC5)C(Cl)=C4)ccnc3cc2OC)CC1. The van der Waals surface area contributed by atoms with Crippen LogP contribution in [0.3, 0.4) is 0 Å². The molecule has 1 aliphatic heterocycles. The number of nitrogens with zero attached hydrogens (tertiary/aromatic N) is 2. The summed E-state index contributed by atoms with van der Waals surface area (Å²) in [6.45, 7) is 4.76. The lowest BCUT2D eigenvalue weighted by Gasteiger charge is -2.26. The Morgan fingerprint density at radius 3 is 2.78 bits per heavy atom. The van der Waals surface area contributed by atoms with Crippen molar-refractivity contribution in [1.82, 2.24) is 20.5 Å². The Hall–Kier alpha value is -3.23. The first-order valence-electron chi connectivity index (χ1n) is 12.3. The second-order valence-electron chi connectivity index (χ2n) is 9.26. The lowest BCUT2D eigenvalue weighted by Crippen LogP contribution is -2.43. The number of ether oxygens (including phenoxy) is 1. The van der Waals surface area contributed by atoms with Gasteiger partial charge in [0.05, 0.1) is 18.7 Å². The number of hydrogen-bond donors (Lipinski definition) is 2. The van der Waals surface area contributed by atoms with Gasteiger partial charge in [-0.3, -0.25) is 9.78 Å². The molecule has 2 aliphatic carbocycles. The smallest absolute Gasteiger partial charge is 0.315 e. The third-order valence-corrected chi connectivity index (χ3v) is 8.15. The molecule has 1 unspecified atom stereocenters. The number of carbonyl (C=O) groups is 2. The van der Waals surface area contributed by atoms with Gasteiger partial charge in [0.25, 0.3) is 0 Å². The maximum Gasteiger partial charge on any atom is 0.315 e. The molecule has 0 bridgehead atoms. The first kappa shape index (κ1) is 25.4. The van der Waals surface area contributed by atoms with Crippen molar-refractivity contribution in [2.75, 3.05) is 20.2 Å². The molecule has 0 spiro atoms. The highest BCUT2D eigenvalue weighted by Crippen LogP contribution is 2.40. The van der Waals surface area contributed by atoms with Crippen molar-refractivity contribution < 1.29 is 14.3 Å². The van der Waals surface area contributed by atoms with Crippen LogP contribution in [0.15, 0.2) is 70.1 Å². The molecule has 1 aromatic carbocycles. The summed E-state index contributed by atoms with van der Waals surface area (Å²) >= 11 is 8.19. The van der Waals surface area contributed by atoms with Gasteiger partial charge >= 0.3 is 6.03 Å². The van der Waals surface area contributed by atoms with E-state index in [2.05, 4.69) is 40.4 Å². The van der Waals surface area contributed by atoms with Gasteiger partial charge in [-0.05, 0) is 55.5 Å². The lowest BCUT2D eigenvalue weighted by molar-refractivity contribution is -0.125. The number of hydrogen-bond acceptors (Lipinski definition) is 5. The second-order valence-corrected chi connectivity index (χ2v) is 10.8. The predicted molar refractivity (Wildman–Crippen MR) is 149 cm³/mol. The van der Waals surface area contributed by atoms with Crippen LogP contribution >= 0.6 is 23.4 Å². The average molecular weight is 537 g/mol. The first-order valence-corrected chi connectivity index (χ1v) is 13.5. The molecule has 2 N–H and O–H groups in total. The van der Waals surface area contributed by atoms with E-state index in [4.69, 9.17) is 16.3 Å². The summed E-state index contributed by atoms with van der Waals surface area (Å²) < 4.78 is 5.72. The van der Waals surface area contributed by atoms with Crippen molar-refractivity contribution in [2.24, 2.45) is 0 Å². The first-order chi connectivity index (χ1) is 17.9. The number of methoxy groups -OCH3 is 1. The number of thioether (sulfide) groups is 1. The van der Waals surface area contributed by atoms with E-state index in [1.54, 1.807) is 30.0 Å². The largest absolute Gasteiger partial charge is 0.496 e. The molecule has 7 nitrogen and oxygen atoms in total. The van der Waals surface area contributed by atoms with E-state index < -0.39 is 0 Å². The molecule has 1 aromatic heterocycles. The maximum absolute atomic E-state index is 12.1. The van der Waals surface area contributed by atoms with Crippen molar-refractivity contribution in [1.29, 1.82) is 0 Å². The molecule has 37 heavy (non-hydrogen) atoms. The third-order valence-electron chi connectivity index (χ3n) is 6.68. The molecule has 0 saturated heterocycles. The molecule has 192 valence electrons. The molecule has 1 atom stereocenters. The summed E-state index contributed by atoms with van der Waals surface area (Å²) in [6.07, 6.45) is 12.7. The van der Waals surface area contributed by atoms with Gasteiger partial charge < -0.3 is 20.3 Å². The zero-order valence-electron chi connectivity index (χ0n) is 20.6. The van der Waals surface area contributed by atoms with E-state index in [-0.39, 0.29) is 18.0 Å². The Labute approximate surface area is 225 Å². The highest BCUT2D eigenvalue weighted by molar-refractivity contribution is 8.03. The number of carbonyl (C=O) groups excluding carboxylic acids is 2. The Bertz CT molecular complexity index is 1350. The van der Waals surface area contributed by atoms with Crippen molar-refractivity contribution in [3.63, 3.8) is 0 Å². The van der Waals surface area contributed by atoms with Crippen LogP contribution in [0.5, 0.6) is 5.75 Å². The zero-order valence-corrected chi connectivity index (χ0v) is 22.2. The van der Waals surface area contributed by atoms with E-state index in [1.165, 1.54) is 6.08 Å². The average Bonchev–Trinajstić information content (AvgIpc) is 3.73. The molecule has 1 saturated carbocycles. The normalized spacial score (nSPS) is 19.5. The van der Waals surface area contributed by atoms with Crippen molar-refractivity contribution in [3.8, 4) is 5.75 Å². The Morgan fingerprint density at radius 1 is 1.27 bits per heavy atom. The Balaban J connectivity index is 1.36. The number of nitrogens with one attached hydrogen (secondary N) is 2. The number of urea groups is 1. The number of pyridine rings is 1. The minimum atomic E-state index is -0.222. The molecule has 5 rings (SSSR count). The number of fused-ring (bicyclic) bond motifs is 1. The van der Waals surface area contributed by atoms with Gasteiger partial charge in [0.2, 0.25) is 5.91 Å². The van der Waals surface area contributed by atoms with Gasteiger partial charge in [0, 0.05) is 57.2 Å². The topological polar surface area (TPSA) is 83.6 Å². The van der Waals surface area contributed by atoms with Crippen LogP contribution in [0.2, 0.25) is 0 Å². The van der Waals surface area contributed by atoms with Gasteiger partial charge in [0.1, 0.15) is 5.75 Å². The minimum Gasteiger partial charge on any atom is -0.496 e. The molecular formula is C28H29ClN4O3S. The van der Waals surface area contributed by atoms with Crippen LogP contribution in [0.1, 0.15) is 31.2 Å². The van der Waals surface area contributed by atoms with Crippen LogP contribution in [-0.4, -0.2) is 54.1 Å². The minimum absolute atomic E-state index is 0.0582. The maximum atomic E-state index is 12.1. The number of rotatable bonds is 7. The Morgan fingerprint density at radius 2 is 2.11 bits per heavy atom. The summed E-state index contributed by atoms with van der Waals surface area (Å²) in [5.74, 6) is 0.701. The van der Waals surface area contributed by atoms with Gasteiger partial charge in [-0.1, -0.05) is 42.1 Å². The summed E-state index contributed by atoms with van der Waals surface area (Å²) in [5, 5.41) is 7.53. The zero-order chi connectivity index (χ0) is 25.9. The number of allylic oxidation sites excluding steroid dienone is 1. The van der Waals surface area contributed by atoms with E-state index in [9.17, 15) is 9.59 Å². The third kappa shape index (κ3) is 5.86. The van der Waals surface area contributed by atoms with E-state index in [0.29, 0.717) is 30.6 Å². The van der Waals surface area contributed by atoms with Gasteiger partial charge in [0.15, 0.2) is 0 Å². The van der Waals surface area contributed by atoms with Crippen molar-refractivity contribution in [2.45, 2.75) is 42.7 Å². The van der Waals surface area contributed by atoms with Crippen molar-refractivity contribution in [3.05, 3.63) is 70.8 Å². The van der Waals surface area contributed by atoms with Crippen LogP contribution < -0.4 is 15.4 Å². The summed E-state index contributed by atoms with van der Waals surface area (Å²) in [5.41, 5.74) is 2.99. The van der Waals surface area contributed by atoms with E-state index in [1.807, 2.05) is 18.2 Å². The van der Waals surface area contributed by atoms with Gasteiger partial charge in [-0.2, -0.15) is 0 Å². The molecule has 3 amide bonds. The second kappa shape index (κ2) is 11.0. The Kier molecular flexibility index (Phi) is 7.58. The lowest BCUT2D eigenvalue weighted by atomic mass is 9.96. The fourth-order valence-electron chi connectivity index (χ4n) is 4.48. The molecule has 9 heteroatoms. The molecule has 1 fully saturated rings. The standard InChI is InChI=1S/C28H29ClN4O3S/c1-3-27(34)33-12-9-17(10-13-33)20-15-21-24(16-25(20)36-2)30-11-8-26(21)37-19-6-7-23(22(29)14-19)32-28(35)31-18-4-5-18/h3,6,8-9,11,14-16,18,23H,1,4-5,7,10,12-13H2,2H3,(H2,31,32,35). The fourth-order valence-corrected chi connectivity index (χ4v) is 5.83. The number of amides is 3. The number of benzene rings is 1. The molecule has 2 heterocycles. The summed E-state index contributed by atoms with van der Waals surface area (Å²) in [6, 6.07) is 6.00. The van der Waals surface area contributed by atoms with Crippen molar-refractivity contribution >= 4 is 51.8 Å².